The fraction of sp³-hybridized carbons (Fsp3) is 0.0682. The molecule has 0 aliphatic carbocycles. The Labute approximate surface area is 277 Å². The molecule has 0 fully saturated rings. The van der Waals surface area contributed by atoms with Gasteiger partial charge < -0.3 is 5.73 Å². The number of benzene rings is 6. The van der Waals surface area contributed by atoms with Gasteiger partial charge in [0.25, 0.3) is 0 Å². The van der Waals surface area contributed by atoms with E-state index in [0.29, 0.717) is 0 Å². The monoisotopic (exact) mass is 607 g/mol. The van der Waals surface area contributed by atoms with Crippen LogP contribution in [0, 0.1) is 0 Å². The summed E-state index contributed by atoms with van der Waals surface area (Å²) in [6.07, 6.45) is 5.68. The fourth-order valence-corrected chi connectivity index (χ4v) is 6.16. The largest absolute Gasteiger partial charge is 0.312 e. The Morgan fingerprint density at radius 1 is 0.553 bits per heavy atom. The van der Waals surface area contributed by atoms with Gasteiger partial charge in [0, 0.05) is 18.0 Å². The van der Waals surface area contributed by atoms with Gasteiger partial charge in [0.15, 0.2) is 0 Å². The van der Waals surface area contributed by atoms with Gasteiger partial charge in [0.05, 0.1) is 12.2 Å². The molecule has 2 unspecified atom stereocenters. The maximum absolute atomic E-state index is 6.84. The molecule has 1 aromatic heterocycles. The molecule has 0 aliphatic heterocycles. The van der Waals surface area contributed by atoms with Crippen molar-refractivity contribution in [2.24, 2.45) is 5.73 Å². The zero-order valence-electron chi connectivity index (χ0n) is 26.4. The first kappa shape index (κ1) is 30.1. The molecule has 0 radical (unpaired) electrons. The van der Waals surface area contributed by atoms with Crippen LogP contribution < -0.4 is 11.1 Å². The molecule has 0 amide bonds. The Bertz CT molecular complexity index is 2120. The van der Waals surface area contributed by atoms with Gasteiger partial charge >= 0.3 is 0 Å². The van der Waals surface area contributed by atoms with Crippen molar-refractivity contribution >= 4 is 16.3 Å². The van der Waals surface area contributed by atoms with E-state index < -0.39 is 0 Å². The average Bonchev–Trinajstić information content (AvgIpc) is 3.15. The smallest absolute Gasteiger partial charge is 0.0817 e. The number of aromatic nitrogens is 1. The summed E-state index contributed by atoms with van der Waals surface area (Å²) in [7, 11) is 0. The first-order valence-corrected chi connectivity index (χ1v) is 16.1. The number of allylic oxidation sites excluding steroid dienone is 1. The quantitative estimate of drug-likeness (QED) is 0.161. The molecule has 7 rings (SSSR count). The number of nitrogens with zero attached hydrogens (tertiary/aromatic N) is 1. The third-order valence-corrected chi connectivity index (χ3v) is 8.77. The molecule has 0 saturated heterocycles. The molecule has 7 aromatic rings. The van der Waals surface area contributed by atoms with Crippen LogP contribution in [0.3, 0.4) is 0 Å². The summed E-state index contributed by atoms with van der Waals surface area (Å²) in [6, 6.07) is 55.4. The SMILES string of the molecule is C/C(=C\C(NC(N)c1ccccc1)c1cc(-c2cccnc2)cc(-c2ccc3ccccc3c2)c1)c1ccc(-c2ccccc2)cc1. The lowest BCUT2D eigenvalue weighted by Gasteiger charge is -2.24. The number of nitrogens with two attached hydrogens (primary N) is 1. The van der Waals surface area contributed by atoms with E-state index in [0.717, 1.165) is 27.8 Å². The fourth-order valence-electron chi connectivity index (χ4n) is 6.16. The van der Waals surface area contributed by atoms with Crippen LogP contribution in [0.15, 0.2) is 176 Å². The minimum atomic E-state index is -0.364. The van der Waals surface area contributed by atoms with Crippen LogP contribution in [0.5, 0.6) is 0 Å². The minimum Gasteiger partial charge on any atom is -0.312 e. The second kappa shape index (κ2) is 13.8. The number of rotatable bonds is 9. The third-order valence-electron chi connectivity index (χ3n) is 8.77. The van der Waals surface area contributed by atoms with E-state index in [1.54, 1.807) is 0 Å². The topological polar surface area (TPSA) is 50.9 Å². The number of pyridine rings is 1. The molecule has 2 atom stereocenters. The third kappa shape index (κ3) is 6.97. The maximum Gasteiger partial charge on any atom is 0.0817 e. The van der Waals surface area contributed by atoms with Crippen molar-refractivity contribution in [2.45, 2.75) is 19.1 Å². The van der Waals surface area contributed by atoms with Crippen LogP contribution in [0.2, 0.25) is 0 Å². The van der Waals surface area contributed by atoms with E-state index in [9.17, 15) is 0 Å². The second-order valence-corrected chi connectivity index (χ2v) is 12.0. The molecule has 3 heteroatoms. The zero-order chi connectivity index (χ0) is 32.0. The molecule has 6 aromatic carbocycles. The van der Waals surface area contributed by atoms with Gasteiger partial charge in [-0.2, -0.15) is 0 Å². The lowest BCUT2D eigenvalue weighted by atomic mass is 9.91. The summed E-state index contributed by atoms with van der Waals surface area (Å²) < 4.78 is 0. The van der Waals surface area contributed by atoms with Gasteiger partial charge in [0.2, 0.25) is 0 Å². The van der Waals surface area contributed by atoms with Gasteiger partial charge in [-0.1, -0.05) is 133 Å². The van der Waals surface area contributed by atoms with E-state index in [-0.39, 0.29) is 12.2 Å². The maximum atomic E-state index is 6.84. The van der Waals surface area contributed by atoms with E-state index >= 15 is 0 Å². The predicted molar refractivity (Wildman–Crippen MR) is 197 cm³/mol. The Balaban J connectivity index is 1.33. The van der Waals surface area contributed by atoms with E-state index in [1.807, 2.05) is 42.7 Å². The second-order valence-electron chi connectivity index (χ2n) is 12.0. The highest BCUT2D eigenvalue weighted by atomic mass is 15.0. The summed E-state index contributed by atoms with van der Waals surface area (Å²) in [6.45, 7) is 2.18. The van der Waals surface area contributed by atoms with Gasteiger partial charge in [-0.25, -0.2) is 0 Å². The molecule has 3 nitrogen and oxygen atoms in total. The molecule has 3 N–H and O–H groups in total. The zero-order valence-corrected chi connectivity index (χ0v) is 26.4. The molecular formula is C44H37N3. The number of fused-ring (bicyclic) bond motifs is 1. The van der Waals surface area contributed by atoms with Crippen LogP contribution in [0.4, 0.5) is 0 Å². The van der Waals surface area contributed by atoms with Gasteiger partial charge in [-0.05, 0) is 98.1 Å². The van der Waals surface area contributed by atoms with Crippen LogP contribution >= 0.6 is 0 Å². The molecule has 0 bridgehead atoms. The standard InChI is InChI=1S/C44H37N3/c1-31(32-18-20-35(21-19-32)33-11-4-2-5-12-33)25-43(47-44(45)36-14-6-3-7-15-36)42-28-40(27-41(29-42)39-17-10-24-46-30-39)38-23-22-34-13-8-9-16-37(34)26-38/h2-30,43-44,47H,45H2,1H3/b31-25+. The molecular weight excluding hydrogens is 571 g/mol. The van der Waals surface area contributed by atoms with Crippen molar-refractivity contribution in [3.05, 3.63) is 193 Å². The van der Waals surface area contributed by atoms with E-state index in [2.05, 4.69) is 151 Å². The number of hydrogen-bond acceptors (Lipinski definition) is 3. The molecule has 0 saturated carbocycles. The summed E-state index contributed by atoms with van der Waals surface area (Å²) >= 11 is 0. The highest BCUT2D eigenvalue weighted by Crippen LogP contribution is 2.34. The lowest BCUT2D eigenvalue weighted by molar-refractivity contribution is 0.508. The molecule has 47 heavy (non-hydrogen) atoms. The van der Waals surface area contributed by atoms with Crippen LogP contribution in [0.1, 0.15) is 35.8 Å². The number of nitrogens with one attached hydrogen (secondary N) is 1. The Morgan fingerprint density at radius 2 is 1.17 bits per heavy atom. The van der Waals surface area contributed by atoms with Crippen molar-refractivity contribution in [2.75, 3.05) is 0 Å². The molecule has 228 valence electrons. The summed E-state index contributed by atoms with van der Waals surface area (Å²) in [5, 5.41) is 6.20. The van der Waals surface area contributed by atoms with Crippen molar-refractivity contribution in [3.8, 4) is 33.4 Å². The Morgan fingerprint density at radius 3 is 1.89 bits per heavy atom. The first-order valence-electron chi connectivity index (χ1n) is 16.1. The number of hydrogen-bond donors (Lipinski definition) is 2. The van der Waals surface area contributed by atoms with Crippen LogP contribution in [0.25, 0.3) is 49.7 Å². The molecule has 0 spiro atoms. The highest BCUT2D eigenvalue weighted by molar-refractivity contribution is 5.88. The van der Waals surface area contributed by atoms with Crippen molar-refractivity contribution in [3.63, 3.8) is 0 Å². The normalized spacial score (nSPS) is 12.9. The van der Waals surface area contributed by atoms with E-state index in [1.165, 1.54) is 38.6 Å². The van der Waals surface area contributed by atoms with Gasteiger partial charge in [-0.3, -0.25) is 10.3 Å². The van der Waals surface area contributed by atoms with E-state index in [4.69, 9.17) is 5.73 Å². The summed E-state index contributed by atoms with van der Waals surface area (Å²) in [5.41, 5.74) is 18.2. The minimum absolute atomic E-state index is 0.171. The Kier molecular flexibility index (Phi) is 8.83. The van der Waals surface area contributed by atoms with Crippen LogP contribution in [-0.2, 0) is 0 Å². The Hall–Kier alpha value is -5.61. The predicted octanol–water partition coefficient (Wildman–Crippen LogP) is 10.6. The van der Waals surface area contributed by atoms with Crippen molar-refractivity contribution in [1.29, 1.82) is 0 Å². The highest BCUT2D eigenvalue weighted by Gasteiger charge is 2.18. The van der Waals surface area contributed by atoms with Crippen molar-refractivity contribution < 1.29 is 0 Å². The summed E-state index contributed by atoms with van der Waals surface area (Å²) in [5.74, 6) is 0. The molecule has 1 heterocycles. The van der Waals surface area contributed by atoms with Gasteiger partial charge in [-0.15, -0.1) is 0 Å². The van der Waals surface area contributed by atoms with Crippen molar-refractivity contribution in [1.82, 2.24) is 10.3 Å². The summed E-state index contributed by atoms with van der Waals surface area (Å²) in [4.78, 5) is 4.44. The van der Waals surface area contributed by atoms with Crippen LogP contribution in [-0.4, -0.2) is 4.98 Å². The lowest BCUT2D eigenvalue weighted by Crippen LogP contribution is -2.31. The average molecular weight is 608 g/mol. The molecule has 0 aliphatic rings. The van der Waals surface area contributed by atoms with Gasteiger partial charge in [0.1, 0.15) is 0 Å². The first-order chi connectivity index (χ1) is 23.1.